The zero-order valence-corrected chi connectivity index (χ0v) is 15.9. The second-order valence-electron chi connectivity index (χ2n) is 6.31. The van der Waals surface area contributed by atoms with Gasteiger partial charge in [-0.2, -0.15) is 0 Å². The molecule has 0 amide bonds. The van der Waals surface area contributed by atoms with Crippen molar-refractivity contribution in [3.63, 3.8) is 0 Å². The first-order valence-electron chi connectivity index (χ1n) is 9.21. The van der Waals surface area contributed by atoms with E-state index in [0.717, 1.165) is 58.2 Å². The highest BCUT2D eigenvalue weighted by atomic mass is 28.4. The van der Waals surface area contributed by atoms with Gasteiger partial charge in [0.05, 0.1) is 6.61 Å². The van der Waals surface area contributed by atoms with Crippen LogP contribution in [0.4, 0.5) is 0 Å². The van der Waals surface area contributed by atoms with Gasteiger partial charge in [0.1, 0.15) is 0 Å². The van der Waals surface area contributed by atoms with Crippen molar-refractivity contribution in [1.82, 2.24) is 0 Å². The Bertz CT molecular complexity index is 261. The molecule has 0 bridgehead atoms. The van der Waals surface area contributed by atoms with Crippen molar-refractivity contribution in [1.29, 1.82) is 0 Å². The Morgan fingerprint density at radius 1 is 0.909 bits per heavy atom. The van der Waals surface area contributed by atoms with Gasteiger partial charge < -0.3 is 18.3 Å². The molecule has 1 heterocycles. The fourth-order valence-electron chi connectivity index (χ4n) is 2.39. The van der Waals surface area contributed by atoms with Crippen LogP contribution < -0.4 is 0 Å². The largest absolute Gasteiger partial charge is 0.394 e. The molecule has 0 aromatic heterocycles. The Balaban J connectivity index is 2.19. The summed E-state index contributed by atoms with van der Waals surface area (Å²) < 4.78 is 23.3. The lowest BCUT2D eigenvalue weighted by molar-refractivity contribution is -0.214. The normalized spacial score (nSPS) is 20.6. The van der Waals surface area contributed by atoms with Crippen LogP contribution in [-0.4, -0.2) is 41.3 Å². The second kappa shape index (κ2) is 12.5. The Morgan fingerprint density at radius 3 is 2.18 bits per heavy atom. The minimum absolute atomic E-state index is 0.0453. The molecule has 0 aliphatic carbocycles. The quantitative estimate of drug-likeness (QED) is 0.324. The third kappa shape index (κ3) is 9.25. The van der Waals surface area contributed by atoms with E-state index in [9.17, 15) is 0 Å². The fraction of sp³-hybridized carbons (Fsp3) is 1.00. The third-order valence-corrected chi connectivity index (χ3v) is 6.94. The van der Waals surface area contributed by atoms with E-state index >= 15 is 0 Å². The summed E-state index contributed by atoms with van der Waals surface area (Å²) in [5, 5.41) is 0. The number of hydrogen-bond acceptors (Lipinski definition) is 4. The molecule has 22 heavy (non-hydrogen) atoms. The van der Waals surface area contributed by atoms with Crippen LogP contribution in [0.15, 0.2) is 0 Å². The van der Waals surface area contributed by atoms with E-state index in [1.165, 1.54) is 25.7 Å². The van der Waals surface area contributed by atoms with Crippen molar-refractivity contribution in [2.24, 2.45) is 0 Å². The topological polar surface area (TPSA) is 36.9 Å². The first-order valence-corrected chi connectivity index (χ1v) is 11.7. The van der Waals surface area contributed by atoms with Gasteiger partial charge in [-0.1, -0.05) is 39.5 Å². The molecule has 0 spiro atoms. The van der Waals surface area contributed by atoms with E-state index in [2.05, 4.69) is 20.4 Å². The first kappa shape index (κ1) is 20.1. The summed E-state index contributed by atoms with van der Waals surface area (Å²) in [6.45, 7) is 9.92. The Morgan fingerprint density at radius 2 is 1.59 bits per heavy atom. The van der Waals surface area contributed by atoms with Crippen LogP contribution in [0, 0.1) is 0 Å². The van der Waals surface area contributed by atoms with Crippen molar-refractivity contribution in [2.75, 3.05) is 26.4 Å². The molecular weight excluding hydrogens is 296 g/mol. The minimum Gasteiger partial charge on any atom is -0.394 e. The van der Waals surface area contributed by atoms with Crippen molar-refractivity contribution >= 4 is 8.56 Å². The molecule has 0 aromatic carbocycles. The standard InChI is InChI=1S/C17H36O4Si/c1-4-6-8-9-14-21-22(3,20-13-7-5-2)16-10-12-18-17-11-15-19-17/h17H,4-16H2,1-3H3. The van der Waals surface area contributed by atoms with Crippen LogP contribution >= 0.6 is 0 Å². The number of hydrogen-bond donors (Lipinski definition) is 0. The van der Waals surface area contributed by atoms with E-state index in [0.29, 0.717) is 0 Å². The third-order valence-electron chi connectivity index (χ3n) is 4.05. The molecule has 1 rings (SSSR count). The lowest BCUT2D eigenvalue weighted by Crippen LogP contribution is -2.40. The summed E-state index contributed by atoms with van der Waals surface area (Å²) >= 11 is 0. The fourth-order valence-corrected chi connectivity index (χ4v) is 4.70. The van der Waals surface area contributed by atoms with E-state index in [4.69, 9.17) is 18.3 Å². The predicted molar refractivity (Wildman–Crippen MR) is 92.3 cm³/mol. The average molecular weight is 333 g/mol. The molecule has 1 saturated heterocycles. The molecule has 0 N–H and O–H groups in total. The van der Waals surface area contributed by atoms with Crippen LogP contribution in [-0.2, 0) is 18.3 Å². The first-order chi connectivity index (χ1) is 10.7. The van der Waals surface area contributed by atoms with Gasteiger partial charge in [0, 0.05) is 26.2 Å². The summed E-state index contributed by atoms with van der Waals surface area (Å²) in [7, 11) is -2.03. The molecule has 4 nitrogen and oxygen atoms in total. The van der Waals surface area contributed by atoms with Gasteiger partial charge in [-0.05, 0) is 31.9 Å². The summed E-state index contributed by atoms with van der Waals surface area (Å²) in [6, 6.07) is 1.01. The lowest BCUT2D eigenvalue weighted by Gasteiger charge is -2.29. The van der Waals surface area contributed by atoms with E-state index < -0.39 is 8.56 Å². The maximum Gasteiger partial charge on any atom is 0.335 e. The molecule has 0 aromatic rings. The predicted octanol–water partition coefficient (Wildman–Crippen LogP) is 4.63. The number of ether oxygens (including phenoxy) is 2. The van der Waals surface area contributed by atoms with Gasteiger partial charge >= 0.3 is 8.56 Å². The molecule has 2 unspecified atom stereocenters. The summed E-state index contributed by atoms with van der Waals surface area (Å²) in [6.07, 6.45) is 9.36. The summed E-state index contributed by atoms with van der Waals surface area (Å²) in [4.78, 5) is 0. The highest BCUT2D eigenvalue weighted by molar-refractivity contribution is 6.66. The van der Waals surface area contributed by atoms with E-state index in [1.807, 2.05) is 0 Å². The number of unbranched alkanes of at least 4 members (excludes halogenated alkanes) is 4. The highest BCUT2D eigenvalue weighted by Crippen LogP contribution is 2.19. The zero-order chi connectivity index (χ0) is 16.1. The monoisotopic (exact) mass is 332 g/mol. The van der Waals surface area contributed by atoms with E-state index in [-0.39, 0.29) is 6.29 Å². The Kier molecular flexibility index (Phi) is 11.4. The van der Waals surface area contributed by atoms with Crippen molar-refractivity contribution < 1.29 is 18.3 Å². The highest BCUT2D eigenvalue weighted by Gasteiger charge is 2.31. The molecule has 132 valence electrons. The van der Waals surface area contributed by atoms with E-state index in [1.54, 1.807) is 0 Å². The van der Waals surface area contributed by atoms with Gasteiger partial charge in [-0.15, -0.1) is 0 Å². The molecule has 1 aliphatic heterocycles. The minimum atomic E-state index is -2.03. The summed E-state index contributed by atoms with van der Waals surface area (Å²) in [5.74, 6) is 0. The van der Waals surface area contributed by atoms with Crippen molar-refractivity contribution in [3.05, 3.63) is 0 Å². The Labute approximate surface area is 138 Å². The van der Waals surface area contributed by atoms with Gasteiger partial charge in [-0.3, -0.25) is 0 Å². The lowest BCUT2D eigenvalue weighted by atomic mass is 10.2. The van der Waals surface area contributed by atoms with Gasteiger partial charge in [0.2, 0.25) is 0 Å². The van der Waals surface area contributed by atoms with Crippen molar-refractivity contribution in [3.8, 4) is 0 Å². The molecule has 5 heteroatoms. The molecular formula is C17H36O4Si. The smallest absolute Gasteiger partial charge is 0.335 e. The molecule has 0 radical (unpaired) electrons. The van der Waals surface area contributed by atoms with Crippen LogP contribution in [0.2, 0.25) is 12.6 Å². The molecule has 1 fully saturated rings. The molecule has 2 atom stereocenters. The maximum absolute atomic E-state index is 6.20. The van der Waals surface area contributed by atoms with Gasteiger partial charge in [0.25, 0.3) is 0 Å². The van der Waals surface area contributed by atoms with Crippen LogP contribution in [0.1, 0.15) is 65.2 Å². The van der Waals surface area contributed by atoms with Gasteiger partial charge in [0.15, 0.2) is 6.29 Å². The zero-order valence-electron chi connectivity index (χ0n) is 14.9. The van der Waals surface area contributed by atoms with Crippen molar-refractivity contribution in [2.45, 2.75) is 84.1 Å². The van der Waals surface area contributed by atoms with Gasteiger partial charge in [-0.25, -0.2) is 0 Å². The number of rotatable bonds is 15. The molecule has 0 saturated carbocycles. The summed E-state index contributed by atoms with van der Waals surface area (Å²) in [5.41, 5.74) is 0. The van der Waals surface area contributed by atoms with Crippen LogP contribution in [0.5, 0.6) is 0 Å². The second-order valence-corrected chi connectivity index (χ2v) is 9.65. The molecule has 1 aliphatic rings. The van der Waals surface area contributed by atoms with Crippen LogP contribution in [0.3, 0.4) is 0 Å². The van der Waals surface area contributed by atoms with Crippen LogP contribution in [0.25, 0.3) is 0 Å². The SMILES string of the molecule is CCCCCCO[Si](C)(CCCOC1CCO1)OCCCC. The maximum atomic E-state index is 6.20. The average Bonchev–Trinajstić information content (AvgIpc) is 2.45. The Hall–Kier alpha value is 0.0569.